The Morgan fingerprint density at radius 2 is 2.00 bits per heavy atom. The third kappa shape index (κ3) is 3.51. The van der Waals surface area contributed by atoms with E-state index in [0.29, 0.717) is 12.1 Å². The van der Waals surface area contributed by atoms with Gasteiger partial charge in [0.15, 0.2) is 0 Å². The summed E-state index contributed by atoms with van der Waals surface area (Å²) in [6.45, 7) is 2.62. The molecule has 2 aromatic heterocycles. The highest BCUT2D eigenvalue weighted by molar-refractivity contribution is 7.99. The van der Waals surface area contributed by atoms with E-state index >= 15 is 0 Å². The van der Waals surface area contributed by atoms with Crippen LogP contribution in [-0.2, 0) is 0 Å². The Morgan fingerprint density at radius 3 is 2.67 bits per heavy atom. The van der Waals surface area contributed by atoms with Gasteiger partial charge in [0.25, 0.3) is 5.91 Å². The van der Waals surface area contributed by atoms with Crippen molar-refractivity contribution in [1.29, 1.82) is 0 Å². The van der Waals surface area contributed by atoms with Gasteiger partial charge < -0.3 is 14.2 Å². The molecule has 1 aliphatic rings. The van der Waals surface area contributed by atoms with Gasteiger partial charge in [0.05, 0.1) is 30.4 Å². The molecule has 0 unspecified atom stereocenters. The summed E-state index contributed by atoms with van der Waals surface area (Å²) in [5.74, 6) is 2.15. The predicted molar refractivity (Wildman–Crippen MR) is 81.4 cm³/mol. The summed E-state index contributed by atoms with van der Waals surface area (Å²) < 4.78 is 10.1. The Bertz CT molecular complexity index is 548. The number of nitrogens with one attached hydrogen (secondary N) is 1. The molecule has 6 heteroatoms. The highest BCUT2D eigenvalue weighted by Gasteiger charge is 2.24. The smallest absolute Gasteiger partial charge is 0.254 e. The van der Waals surface area contributed by atoms with Crippen LogP contribution in [0.1, 0.15) is 22.0 Å². The largest absolute Gasteiger partial charge is 0.472 e. The average molecular weight is 306 g/mol. The summed E-state index contributed by atoms with van der Waals surface area (Å²) in [7, 11) is 0. The molecule has 3 heterocycles. The second-order valence-corrected chi connectivity index (χ2v) is 6.17. The number of carbonyl (C=O) groups excluding carboxylic acids is 1. The summed E-state index contributed by atoms with van der Waals surface area (Å²) in [4.78, 5) is 14.4. The van der Waals surface area contributed by atoms with E-state index in [4.69, 9.17) is 8.83 Å². The molecule has 1 aliphatic heterocycles. The molecule has 3 rings (SSSR count). The topological polar surface area (TPSA) is 58.6 Å². The lowest BCUT2D eigenvalue weighted by Gasteiger charge is -2.33. The molecule has 112 valence electrons. The van der Waals surface area contributed by atoms with E-state index in [1.165, 1.54) is 12.5 Å². The zero-order valence-electron chi connectivity index (χ0n) is 11.7. The number of nitrogens with zero attached hydrogens (tertiary/aromatic N) is 1. The van der Waals surface area contributed by atoms with E-state index in [-0.39, 0.29) is 11.9 Å². The lowest BCUT2D eigenvalue weighted by molar-refractivity contribution is 0.0934. The molecule has 0 radical (unpaired) electrons. The molecule has 1 atom stereocenters. The first-order chi connectivity index (χ1) is 10.3. The molecule has 0 bridgehead atoms. The number of furan rings is 2. The lowest BCUT2D eigenvalue weighted by atomic mass is 10.1. The van der Waals surface area contributed by atoms with E-state index in [1.807, 2.05) is 17.8 Å². The van der Waals surface area contributed by atoms with Crippen LogP contribution in [0.3, 0.4) is 0 Å². The van der Waals surface area contributed by atoms with Crippen molar-refractivity contribution in [3.05, 3.63) is 48.3 Å². The Hall–Kier alpha value is -1.66. The Morgan fingerprint density at radius 1 is 1.24 bits per heavy atom. The number of amides is 1. The minimum Gasteiger partial charge on any atom is -0.472 e. The van der Waals surface area contributed by atoms with Crippen molar-refractivity contribution in [2.75, 3.05) is 31.1 Å². The maximum absolute atomic E-state index is 12.0. The Labute approximate surface area is 127 Å². The maximum atomic E-state index is 12.0. The normalized spacial score (nSPS) is 17.5. The predicted octanol–water partition coefficient (Wildman–Crippen LogP) is 2.39. The van der Waals surface area contributed by atoms with E-state index in [0.717, 1.165) is 30.2 Å². The summed E-state index contributed by atoms with van der Waals surface area (Å²) in [5, 5.41) is 2.98. The summed E-state index contributed by atoms with van der Waals surface area (Å²) in [6.07, 6.45) is 6.40. The number of rotatable bonds is 5. The van der Waals surface area contributed by atoms with E-state index in [2.05, 4.69) is 10.2 Å². The molecule has 5 nitrogen and oxygen atoms in total. The Balaban J connectivity index is 1.66. The van der Waals surface area contributed by atoms with Crippen LogP contribution in [0, 0.1) is 0 Å². The molecular formula is C15H18N2O3S. The van der Waals surface area contributed by atoms with Gasteiger partial charge in [0, 0.05) is 36.7 Å². The second kappa shape index (κ2) is 6.87. The van der Waals surface area contributed by atoms with Crippen molar-refractivity contribution < 1.29 is 13.6 Å². The molecule has 2 aromatic rings. The first kappa shape index (κ1) is 14.3. The molecule has 0 saturated carbocycles. The molecule has 0 spiro atoms. The highest BCUT2D eigenvalue weighted by Crippen LogP contribution is 2.24. The number of hydrogen-bond donors (Lipinski definition) is 1. The van der Waals surface area contributed by atoms with Crippen molar-refractivity contribution in [2.24, 2.45) is 0 Å². The van der Waals surface area contributed by atoms with Crippen LogP contribution in [0.15, 0.2) is 46.0 Å². The first-order valence-corrected chi connectivity index (χ1v) is 8.14. The molecule has 1 fully saturated rings. The van der Waals surface area contributed by atoms with Crippen molar-refractivity contribution in [3.8, 4) is 0 Å². The monoisotopic (exact) mass is 306 g/mol. The minimum absolute atomic E-state index is 0.108. The average Bonchev–Trinajstić information content (AvgIpc) is 3.22. The van der Waals surface area contributed by atoms with Crippen molar-refractivity contribution in [2.45, 2.75) is 6.04 Å². The van der Waals surface area contributed by atoms with Crippen molar-refractivity contribution in [1.82, 2.24) is 10.2 Å². The molecule has 0 aliphatic carbocycles. The van der Waals surface area contributed by atoms with Gasteiger partial charge in [0.2, 0.25) is 0 Å². The van der Waals surface area contributed by atoms with Gasteiger partial charge in [-0.2, -0.15) is 11.8 Å². The fourth-order valence-corrected chi connectivity index (χ4v) is 3.43. The first-order valence-electron chi connectivity index (χ1n) is 6.99. The molecular weight excluding hydrogens is 288 g/mol. The lowest BCUT2D eigenvalue weighted by Crippen LogP contribution is -2.41. The Kier molecular flexibility index (Phi) is 4.67. The number of hydrogen-bond acceptors (Lipinski definition) is 5. The van der Waals surface area contributed by atoms with Gasteiger partial charge in [-0.25, -0.2) is 0 Å². The van der Waals surface area contributed by atoms with E-state index < -0.39 is 0 Å². The summed E-state index contributed by atoms with van der Waals surface area (Å²) in [5.41, 5.74) is 1.66. The van der Waals surface area contributed by atoms with Gasteiger partial charge in [-0.1, -0.05) is 0 Å². The molecule has 0 aromatic carbocycles. The fourth-order valence-electron chi connectivity index (χ4n) is 2.50. The van der Waals surface area contributed by atoms with Gasteiger partial charge in [-0.05, 0) is 12.1 Å². The zero-order chi connectivity index (χ0) is 14.5. The number of carbonyl (C=O) groups is 1. The van der Waals surface area contributed by atoms with Crippen LogP contribution in [0.2, 0.25) is 0 Å². The van der Waals surface area contributed by atoms with Crippen molar-refractivity contribution >= 4 is 17.7 Å². The zero-order valence-corrected chi connectivity index (χ0v) is 12.5. The summed E-state index contributed by atoms with van der Waals surface area (Å²) >= 11 is 1.97. The van der Waals surface area contributed by atoms with E-state index in [1.54, 1.807) is 18.6 Å². The van der Waals surface area contributed by atoms with Crippen LogP contribution >= 0.6 is 11.8 Å². The molecule has 1 N–H and O–H groups in total. The fraction of sp³-hybridized carbons (Fsp3) is 0.400. The van der Waals surface area contributed by atoms with Crippen LogP contribution in [-0.4, -0.2) is 41.9 Å². The molecule has 21 heavy (non-hydrogen) atoms. The van der Waals surface area contributed by atoms with Crippen LogP contribution < -0.4 is 5.32 Å². The van der Waals surface area contributed by atoms with Crippen molar-refractivity contribution in [3.63, 3.8) is 0 Å². The van der Waals surface area contributed by atoms with Gasteiger partial charge in [-0.15, -0.1) is 0 Å². The van der Waals surface area contributed by atoms with Gasteiger partial charge in [0.1, 0.15) is 6.26 Å². The standard InChI is InChI=1S/C15H18N2O3S/c18-15(13-2-6-20-11-13)16-9-14(12-1-5-19-10-12)17-3-7-21-8-4-17/h1-2,5-6,10-11,14H,3-4,7-9H2,(H,16,18)/t14-/m0/s1. The van der Waals surface area contributed by atoms with E-state index in [9.17, 15) is 4.79 Å². The minimum atomic E-state index is -0.108. The summed E-state index contributed by atoms with van der Waals surface area (Å²) in [6, 6.07) is 3.79. The SMILES string of the molecule is O=C(NC[C@@H](c1ccoc1)N1CCSCC1)c1ccoc1. The van der Waals surface area contributed by atoms with Crippen LogP contribution in [0.4, 0.5) is 0 Å². The second-order valence-electron chi connectivity index (χ2n) is 4.94. The van der Waals surface area contributed by atoms with Crippen LogP contribution in [0.25, 0.3) is 0 Å². The quantitative estimate of drug-likeness (QED) is 0.919. The van der Waals surface area contributed by atoms with Gasteiger partial charge >= 0.3 is 0 Å². The maximum Gasteiger partial charge on any atom is 0.254 e. The van der Waals surface area contributed by atoms with Gasteiger partial charge in [-0.3, -0.25) is 9.69 Å². The highest BCUT2D eigenvalue weighted by atomic mass is 32.2. The van der Waals surface area contributed by atoms with Crippen LogP contribution in [0.5, 0.6) is 0 Å². The molecule has 1 saturated heterocycles. The molecule has 1 amide bonds. The number of thioether (sulfide) groups is 1. The third-order valence-electron chi connectivity index (χ3n) is 3.65. The third-order valence-corrected chi connectivity index (χ3v) is 4.60.